The molecular weight excluding hydrogens is 314 g/mol. The molecule has 0 aliphatic carbocycles. The van der Waals surface area contributed by atoms with Gasteiger partial charge in [0, 0.05) is 20.8 Å². The molecule has 2 atom stereocenters. The molecule has 1 heterocycles. The van der Waals surface area contributed by atoms with Crippen molar-refractivity contribution in [3.8, 4) is 0 Å². The van der Waals surface area contributed by atoms with Crippen LogP contribution in [0.2, 0.25) is 0 Å². The van der Waals surface area contributed by atoms with Crippen molar-refractivity contribution < 1.29 is 17.9 Å². The molecule has 0 amide bonds. The topological polar surface area (TPSA) is 55.8 Å². The number of rotatable bonds is 5. The lowest BCUT2D eigenvalue weighted by Crippen LogP contribution is -2.38. The van der Waals surface area contributed by atoms with E-state index in [0.717, 1.165) is 10.8 Å². The second-order valence-electron chi connectivity index (χ2n) is 5.79. The van der Waals surface area contributed by atoms with Gasteiger partial charge in [-0.1, -0.05) is 30.3 Å². The van der Waals surface area contributed by atoms with Crippen LogP contribution in [-0.4, -0.2) is 52.2 Å². The number of fused-ring (bicyclic) bond motifs is 1. The molecule has 2 aromatic carbocycles. The molecule has 0 N–H and O–H groups in total. The van der Waals surface area contributed by atoms with Gasteiger partial charge in [-0.2, -0.15) is 4.31 Å². The van der Waals surface area contributed by atoms with Crippen molar-refractivity contribution in [2.75, 3.05) is 27.4 Å². The molecule has 0 bridgehead atoms. The van der Waals surface area contributed by atoms with Crippen LogP contribution < -0.4 is 0 Å². The standard InChI is InChI=1S/C17H21NO4S/c1-21-12-15-10-16(22-2)11-18(15)23(19,20)17-8-7-13-5-3-4-6-14(13)9-17/h3-9,15-16H,10-12H2,1-2H3/t15-,16+/m0/s1. The molecule has 1 fully saturated rings. The van der Waals surface area contributed by atoms with Gasteiger partial charge in [0.1, 0.15) is 0 Å². The molecule has 0 spiro atoms. The van der Waals surface area contributed by atoms with E-state index < -0.39 is 10.0 Å². The van der Waals surface area contributed by atoms with Gasteiger partial charge in [-0.25, -0.2) is 8.42 Å². The summed E-state index contributed by atoms with van der Waals surface area (Å²) in [6, 6.07) is 12.8. The van der Waals surface area contributed by atoms with E-state index in [1.54, 1.807) is 26.4 Å². The number of hydrogen-bond acceptors (Lipinski definition) is 4. The molecule has 0 unspecified atom stereocenters. The van der Waals surface area contributed by atoms with Crippen LogP contribution in [0, 0.1) is 0 Å². The van der Waals surface area contributed by atoms with E-state index in [2.05, 4.69) is 0 Å². The monoisotopic (exact) mass is 335 g/mol. The minimum absolute atomic E-state index is 0.0922. The minimum atomic E-state index is -3.57. The second kappa shape index (κ2) is 6.57. The van der Waals surface area contributed by atoms with Crippen molar-refractivity contribution >= 4 is 20.8 Å². The van der Waals surface area contributed by atoms with Crippen molar-refractivity contribution in [3.63, 3.8) is 0 Å². The Kier molecular flexibility index (Phi) is 4.68. The Bertz CT molecular complexity index is 790. The third-order valence-electron chi connectivity index (χ3n) is 4.35. The van der Waals surface area contributed by atoms with Gasteiger partial charge < -0.3 is 9.47 Å². The molecular formula is C17H21NO4S. The molecule has 1 aliphatic heterocycles. The Balaban J connectivity index is 1.98. The zero-order valence-corrected chi connectivity index (χ0v) is 14.1. The van der Waals surface area contributed by atoms with Crippen LogP contribution in [0.4, 0.5) is 0 Å². The van der Waals surface area contributed by atoms with E-state index in [4.69, 9.17) is 9.47 Å². The Labute approximate surface area is 136 Å². The fourth-order valence-electron chi connectivity index (χ4n) is 3.12. The summed E-state index contributed by atoms with van der Waals surface area (Å²) >= 11 is 0. The SMILES string of the molecule is COC[C@@H]1C[C@@H](OC)CN1S(=O)(=O)c1ccc2ccccc2c1. The van der Waals surface area contributed by atoms with E-state index in [0.29, 0.717) is 24.5 Å². The molecule has 6 heteroatoms. The lowest BCUT2D eigenvalue weighted by Gasteiger charge is -2.23. The van der Waals surface area contributed by atoms with Crippen LogP contribution in [0.25, 0.3) is 10.8 Å². The zero-order chi connectivity index (χ0) is 16.4. The average Bonchev–Trinajstić information content (AvgIpc) is 2.98. The third kappa shape index (κ3) is 3.12. The lowest BCUT2D eigenvalue weighted by molar-refractivity contribution is 0.110. The lowest BCUT2D eigenvalue weighted by atomic mass is 10.1. The summed E-state index contributed by atoms with van der Waals surface area (Å²) in [6.45, 7) is 0.729. The van der Waals surface area contributed by atoms with Crippen molar-refractivity contribution in [1.82, 2.24) is 4.31 Å². The maximum Gasteiger partial charge on any atom is 0.243 e. The number of nitrogens with zero attached hydrogens (tertiary/aromatic N) is 1. The molecule has 3 rings (SSSR count). The Morgan fingerprint density at radius 3 is 2.57 bits per heavy atom. The summed E-state index contributed by atoms with van der Waals surface area (Å²) < 4.78 is 38.1. The summed E-state index contributed by atoms with van der Waals surface area (Å²) in [5.41, 5.74) is 0. The van der Waals surface area contributed by atoms with Crippen LogP contribution in [0.1, 0.15) is 6.42 Å². The average molecular weight is 335 g/mol. The molecule has 23 heavy (non-hydrogen) atoms. The van der Waals surface area contributed by atoms with Gasteiger partial charge in [-0.05, 0) is 29.3 Å². The zero-order valence-electron chi connectivity index (χ0n) is 13.3. The first kappa shape index (κ1) is 16.4. The maximum absolute atomic E-state index is 13.0. The highest BCUT2D eigenvalue weighted by molar-refractivity contribution is 7.89. The normalized spacial score (nSPS) is 22.7. The van der Waals surface area contributed by atoms with E-state index in [1.807, 2.05) is 30.3 Å². The van der Waals surface area contributed by atoms with Gasteiger partial charge >= 0.3 is 0 Å². The highest BCUT2D eigenvalue weighted by Gasteiger charge is 2.40. The van der Waals surface area contributed by atoms with Crippen LogP contribution in [0.5, 0.6) is 0 Å². The van der Waals surface area contributed by atoms with E-state index in [1.165, 1.54) is 4.31 Å². The summed E-state index contributed by atoms with van der Waals surface area (Å²) in [5, 5.41) is 1.94. The van der Waals surface area contributed by atoms with Gasteiger partial charge in [-0.3, -0.25) is 0 Å². The predicted molar refractivity (Wildman–Crippen MR) is 88.9 cm³/mol. The van der Waals surface area contributed by atoms with E-state index in [9.17, 15) is 8.42 Å². The van der Waals surface area contributed by atoms with Crippen molar-refractivity contribution in [2.24, 2.45) is 0 Å². The summed E-state index contributed by atoms with van der Waals surface area (Å²) in [5.74, 6) is 0. The van der Waals surface area contributed by atoms with E-state index in [-0.39, 0.29) is 12.1 Å². The number of hydrogen-bond donors (Lipinski definition) is 0. The molecule has 1 saturated heterocycles. The highest BCUT2D eigenvalue weighted by Crippen LogP contribution is 2.29. The van der Waals surface area contributed by atoms with Gasteiger partial charge in [0.2, 0.25) is 10.0 Å². The fraction of sp³-hybridized carbons (Fsp3) is 0.412. The largest absolute Gasteiger partial charge is 0.383 e. The van der Waals surface area contributed by atoms with Gasteiger partial charge in [-0.15, -0.1) is 0 Å². The molecule has 0 saturated carbocycles. The summed E-state index contributed by atoms with van der Waals surface area (Å²) in [7, 11) is -0.375. The number of ether oxygens (including phenoxy) is 2. The first-order chi connectivity index (χ1) is 11.1. The fourth-order valence-corrected chi connectivity index (χ4v) is 4.81. The van der Waals surface area contributed by atoms with Gasteiger partial charge in [0.15, 0.2) is 0 Å². The molecule has 1 aliphatic rings. The predicted octanol–water partition coefficient (Wildman–Crippen LogP) is 2.26. The quantitative estimate of drug-likeness (QED) is 0.841. The second-order valence-corrected chi connectivity index (χ2v) is 7.68. The maximum atomic E-state index is 13.0. The first-order valence-electron chi connectivity index (χ1n) is 7.58. The minimum Gasteiger partial charge on any atom is -0.383 e. The Hall–Kier alpha value is -1.47. The number of sulfonamides is 1. The third-order valence-corrected chi connectivity index (χ3v) is 6.26. The van der Waals surface area contributed by atoms with Crippen LogP contribution in [0.15, 0.2) is 47.4 Å². The highest BCUT2D eigenvalue weighted by atomic mass is 32.2. The number of methoxy groups -OCH3 is 2. The van der Waals surface area contributed by atoms with Gasteiger partial charge in [0.25, 0.3) is 0 Å². The molecule has 5 nitrogen and oxygen atoms in total. The number of benzene rings is 2. The van der Waals surface area contributed by atoms with Gasteiger partial charge in [0.05, 0.1) is 23.6 Å². The Morgan fingerprint density at radius 2 is 1.87 bits per heavy atom. The molecule has 0 radical (unpaired) electrons. The molecule has 0 aromatic heterocycles. The Morgan fingerprint density at radius 1 is 1.13 bits per heavy atom. The summed E-state index contributed by atoms with van der Waals surface area (Å²) in [6.07, 6.45) is 0.558. The summed E-state index contributed by atoms with van der Waals surface area (Å²) in [4.78, 5) is 0.314. The smallest absolute Gasteiger partial charge is 0.243 e. The van der Waals surface area contributed by atoms with E-state index >= 15 is 0 Å². The van der Waals surface area contributed by atoms with Crippen LogP contribution in [0.3, 0.4) is 0 Å². The molecule has 2 aromatic rings. The van der Waals surface area contributed by atoms with Crippen molar-refractivity contribution in [1.29, 1.82) is 0 Å². The van der Waals surface area contributed by atoms with Crippen LogP contribution in [-0.2, 0) is 19.5 Å². The first-order valence-corrected chi connectivity index (χ1v) is 9.02. The molecule has 124 valence electrons. The van der Waals surface area contributed by atoms with Crippen LogP contribution >= 0.6 is 0 Å². The van der Waals surface area contributed by atoms with Crippen molar-refractivity contribution in [3.05, 3.63) is 42.5 Å². The van der Waals surface area contributed by atoms with Crippen molar-refractivity contribution in [2.45, 2.75) is 23.5 Å².